The highest BCUT2D eigenvalue weighted by atomic mass is 35.5. The molecule has 1 aliphatic carbocycles. The van der Waals surface area contributed by atoms with Crippen molar-refractivity contribution in [2.24, 2.45) is 20.4 Å². The minimum atomic E-state index is -0.164. The Morgan fingerprint density at radius 3 is 2.80 bits per heavy atom. The van der Waals surface area contributed by atoms with E-state index < -0.39 is 0 Å². The first-order valence-corrected chi connectivity index (χ1v) is 7.70. The van der Waals surface area contributed by atoms with E-state index in [9.17, 15) is 4.79 Å². The van der Waals surface area contributed by atoms with Crippen molar-refractivity contribution >= 4 is 57.5 Å². The summed E-state index contributed by atoms with van der Waals surface area (Å²) in [5.74, 6) is 0.310. The zero-order valence-corrected chi connectivity index (χ0v) is 12.7. The van der Waals surface area contributed by atoms with E-state index >= 15 is 0 Å². The first-order valence-electron chi connectivity index (χ1n) is 6.22. The number of nitrogens with zero attached hydrogens (tertiary/aromatic N) is 2. The minimum Gasteiger partial charge on any atom is -0.327 e. The standard InChI is InChI=1S/C12H12Cl2N4OS/c13-6-3-7(14)11-12(18-20-17-11)10(6)16-9(19)4-8(15)5-1-2-5/h3,5,8H,1-2,4,15H2,(H,16,19). The van der Waals surface area contributed by atoms with Crippen LogP contribution in [0.25, 0.3) is 0 Å². The van der Waals surface area contributed by atoms with Gasteiger partial charge < -0.3 is 11.1 Å². The highest BCUT2D eigenvalue weighted by Gasteiger charge is 2.30. The van der Waals surface area contributed by atoms with E-state index in [1.807, 2.05) is 0 Å². The van der Waals surface area contributed by atoms with Gasteiger partial charge in [0.05, 0.1) is 27.1 Å². The first-order chi connectivity index (χ1) is 9.56. The Labute approximate surface area is 129 Å². The van der Waals surface area contributed by atoms with Gasteiger partial charge >= 0.3 is 0 Å². The SMILES string of the molecule is NC(CC(=O)Nc1c(Cl)cc(Cl)c2c1N=S=N2)C1CC1. The molecule has 1 aromatic rings. The third-order valence-electron chi connectivity index (χ3n) is 3.36. The molecule has 106 valence electrons. The topological polar surface area (TPSA) is 79.8 Å². The van der Waals surface area contributed by atoms with Gasteiger partial charge in [0.25, 0.3) is 0 Å². The lowest BCUT2D eigenvalue weighted by molar-refractivity contribution is -0.116. The van der Waals surface area contributed by atoms with Crippen LogP contribution in [0, 0.1) is 5.92 Å². The lowest BCUT2D eigenvalue weighted by Crippen LogP contribution is -2.28. The van der Waals surface area contributed by atoms with Gasteiger partial charge in [0, 0.05) is 12.5 Å². The number of anilines is 1. The Morgan fingerprint density at radius 1 is 1.40 bits per heavy atom. The number of halogens is 2. The molecule has 8 heteroatoms. The molecule has 0 bridgehead atoms. The van der Waals surface area contributed by atoms with Crippen molar-refractivity contribution in [2.75, 3.05) is 5.32 Å². The Hall–Kier alpha value is -0.950. The number of nitrogens with two attached hydrogens (primary N) is 1. The largest absolute Gasteiger partial charge is 0.327 e. The van der Waals surface area contributed by atoms with Gasteiger partial charge in [0.2, 0.25) is 5.91 Å². The second kappa shape index (κ2) is 5.44. The van der Waals surface area contributed by atoms with E-state index in [0.29, 0.717) is 33.0 Å². The average molecular weight is 331 g/mol. The van der Waals surface area contributed by atoms with Gasteiger partial charge in [-0.3, -0.25) is 4.79 Å². The number of carbonyl (C=O) groups is 1. The van der Waals surface area contributed by atoms with Crippen molar-refractivity contribution in [1.82, 2.24) is 0 Å². The summed E-state index contributed by atoms with van der Waals surface area (Å²) in [5.41, 5.74) is 7.46. The monoisotopic (exact) mass is 330 g/mol. The maximum Gasteiger partial charge on any atom is 0.226 e. The number of hydrogen-bond acceptors (Lipinski definition) is 4. The second-order valence-electron chi connectivity index (χ2n) is 4.93. The summed E-state index contributed by atoms with van der Waals surface area (Å²) in [6.45, 7) is 0. The van der Waals surface area contributed by atoms with Crippen LogP contribution in [0.4, 0.5) is 17.1 Å². The van der Waals surface area contributed by atoms with Gasteiger partial charge in [0.15, 0.2) is 0 Å². The maximum atomic E-state index is 12.0. The molecule has 20 heavy (non-hydrogen) atoms. The van der Waals surface area contributed by atoms with Crippen LogP contribution in [0.5, 0.6) is 0 Å². The van der Waals surface area contributed by atoms with Gasteiger partial charge in [-0.15, -0.1) is 0 Å². The zero-order chi connectivity index (χ0) is 14.3. The summed E-state index contributed by atoms with van der Waals surface area (Å²) in [5, 5.41) is 3.55. The van der Waals surface area contributed by atoms with E-state index in [1.54, 1.807) is 6.07 Å². The van der Waals surface area contributed by atoms with Crippen LogP contribution in [0.2, 0.25) is 10.0 Å². The number of carbonyl (C=O) groups excluding carboxylic acids is 1. The van der Waals surface area contributed by atoms with Crippen molar-refractivity contribution in [2.45, 2.75) is 25.3 Å². The molecule has 3 N–H and O–H groups in total. The molecule has 1 saturated carbocycles. The van der Waals surface area contributed by atoms with Gasteiger partial charge in [-0.05, 0) is 24.8 Å². The predicted molar refractivity (Wildman–Crippen MR) is 81.9 cm³/mol. The molecule has 5 nitrogen and oxygen atoms in total. The van der Waals surface area contributed by atoms with Crippen molar-refractivity contribution in [3.05, 3.63) is 16.1 Å². The summed E-state index contributed by atoms with van der Waals surface area (Å²) in [6, 6.07) is 1.47. The predicted octanol–water partition coefficient (Wildman–Crippen LogP) is 3.79. The van der Waals surface area contributed by atoms with Crippen LogP contribution in [0.1, 0.15) is 19.3 Å². The van der Waals surface area contributed by atoms with Gasteiger partial charge in [-0.1, -0.05) is 23.2 Å². The second-order valence-corrected chi connectivity index (χ2v) is 6.27. The summed E-state index contributed by atoms with van der Waals surface area (Å²) in [4.78, 5) is 12.0. The van der Waals surface area contributed by atoms with E-state index in [4.69, 9.17) is 28.9 Å². The van der Waals surface area contributed by atoms with Crippen LogP contribution in [-0.4, -0.2) is 11.9 Å². The molecule has 1 aromatic carbocycles. The van der Waals surface area contributed by atoms with E-state index in [0.717, 1.165) is 24.2 Å². The number of benzene rings is 1. The molecule has 0 spiro atoms. The molecule has 2 aliphatic rings. The fourth-order valence-electron chi connectivity index (χ4n) is 2.09. The van der Waals surface area contributed by atoms with Gasteiger partial charge in [-0.25, -0.2) is 0 Å². The highest BCUT2D eigenvalue weighted by molar-refractivity contribution is 7.58. The summed E-state index contributed by atoms with van der Waals surface area (Å²) in [6.07, 6.45) is 2.50. The van der Waals surface area contributed by atoms with Crippen LogP contribution in [0.3, 0.4) is 0 Å². The van der Waals surface area contributed by atoms with Gasteiger partial charge in [0.1, 0.15) is 11.4 Å². The van der Waals surface area contributed by atoms with Crippen molar-refractivity contribution in [1.29, 1.82) is 0 Å². The van der Waals surface area contributed by atoms with Crippen molar-refractivity contribution in [3.63, 3.8) is 0 Å². The first kappa shape index (κ1) is 14.0. The average Bonchev–Trinajstić information content (AvgIpc) is 3.12. The number of rotatable bonds is 4. The molecule has 3 rings (SSSR count). The van der Waals surface area contributed by atoms with Crippen LogP contribution in [-0.2, 0) is 16.1 Å². The number of nitrogens with one attached hydrogen (secondary N) is 1. The molecular weight excluding hydrogens is 319 g/mol. The zero-order valence-electron chi connectivity index (χ0n) is 10.4. The molecule has 0 aromatic heterocycles. The molecule has 0 saturated heterocycles. The van der Waals surface area contributed by atoms with Gasteiger partial charge in [-0.2, -0.15) is 8.73 Å². The van der Waals surface area contributed by atoms with Crippen LogP contribution >= 0.6 is 23.2 Å². The van der Waals surface area contributed by atoms with Crippen molar-refractivity contribution in [3.8, 4) is 0 Å². The molecule has 1 atom stereocenters. The lowest BCUT2D eigenvalue weighted by atomic mass is 10.1. The smallest absolute Gasteiger partial charge is 0.226 e. The Bertz CT molecular complexity index is 653. The molecule has 1 aliphatic heterocycles. The molecule has 0 radical (unpaired) electrons. The molecule has 1 heterocycles. The third-order valence-corrected chi connectivity index (χ3v) is 4.47. The fraction of sp³-hybridized carbons (Fsp3) is 0.417. The summed E-state index contributed by atoms with van der Waals surface area (Å²) < 4.78 is 8.23. The molecular formula is C12H12Cl2N4OS. The fourth-order valence-corrected chi connectivity index (χ4v) is 3.25. The minimum absolute atomic E-state index is 0.0925. The van der Waals surface area contributed by atoms with E-state index in [1.165, 1.54) is 0 Å². The molecule has 1 fully saturated rings. The summed E-state index contributed by atoms with van der Waals surface area (Å²) in [7, 11) is 0. The summed E-state index contributed by atoms with van der Waals surface area (Å²) >= 11 is 13.2. The number of amides is 1. The lowest BCUT2D eigenvalue weighted by Gasteiger charge is -2.13. The van der Waals surface area contributed by atoms with E-state index in [2.05, 4.69) is 14.0 Å². The normalized spacial score (nSPS) is 17.6. The van der Waals surface area contributed by atoms with Crippen molar-refractivity contribution < 1.29 is 4.79 Å². The number of hydrogen-bond donors (Lipinski definition) is 2. The Balaban J connectivity index is 1.79. The maximum absolute atomic E-state index is 12.0. The molecule has 1 amide bonds. The Morgan fingerprint density at radius 2 is 2.10 bits per heavy atom. The quantitative estimate of drug-likeness (QED) is 0.894. The highest BCUT2D eigenvalue weighted by Crippen LogP contribution is 2.47. The van der Waals surface area contributed by atoms with E-state index in [-0.39, 0.29) is 18.4 Å². The van der Waals surface area contributed by atoms with Crippen LogP contribution < -0.4 is 11.1 Å². The number of fused-ring (bicyclic) bond motifs is 1. The Kier molecular flexibility index (Phi) is 3.81. The third kappa shape index (κ3) is 2.74. The van der Waals surface area contributed by atoms with Crippen LogP contribution in [0.15, 0.2) is 14.8 Å². The molecule has 1 unspecified atom stereocenters.